The number of anilines is 2. The zero-order valence-corrected chi connectivity index (χ0v) is 19.4. The number of methoxy groups -OCH3 is 2. The Morgan fingerprint density at radius 3 is 2.47 bits per heavy atom. The Labute approximate surface area is 195 Å². The minimum Gasteiger partial charge on any atom is -0.497 e. The molecule has 0 bridgehead atoms. The molecule has 0 saturated carbocycles. The number of nitrogens with zero attached hydrogens (tertiary/aromatic N) is 2. The zero-order chi connectivity index (χ0) is 23.1. The van der Waals surface area contributed by atoms with Crippen molar-refractivity contribution >= 4 is 45.6 Å². The monoisotopic (exact) mass is 474 g/mol. The van der Waals surface area contributed by atoms with Crippen LogP contribution in [0.3, 0.4) is 0 Å². The molecule has 0 unspecified atom stereocenters. The summed E-state index contributed by atoms with van der Waals surface area (Å²) in [6.07, 6.45) is 0. The van der Waals surface area contributed by atoms with Crippen LogP contribution >= 0.6 is 22.9 Å². The van der Waals surface area contributed by atoms with E-state index in [0.29, 0.717) is 33.0 Å². The van der Waals surface area contributed by atoms with Crippen LogP contribution in [0.4, 0.5) is 10.8 Å². The summed E-state index contributed by atoms with van der Waals surface area (Å²) in [4.78, 5) is 30.7. The molecule has 168 valence electrons. The van der Waals surface area contributed by atoms with E-state index in [1.807, 2.05) is 17.5 Å². The third-order valence-corrected chi connectivity index (χ3v) is 5.50. The highest BCUT2D eigenvalue weighted by molar-refractivity contribution is 7.14. The quantitative estimate of drug-likeness (QED) is 0.487. The molecule has 2 amide bonds. The van der Waals surface area contributed by atoms with Gasteiger partial charge in [0.2, 0.25) is 11.8 Å². The van der Waals surface area contributed by atoms with Crippen molar-refractivity contribution in [1.82, 2.24) is 9.88 Å². The van der Waals surface area contributed by atoms with E-state index in [0.717, 1.165) is 5.56 Å². The molecule has 0 aliphatic carbocycles. The van der Waals surface area contributed by atoms with Crippen molar-refractivity contribution in [2.24, 2.45) is 0 Å². The summed E-state index contributed by atoms with van der Waals surface area (Å²) in [5, 5.41) is 8.24. The highest BCUT2D eigenvalue weighted by Gasteiger charge is 2.15. The van der Waals surface area contributed by atoms with E-state index in [1.54, 1.807) is 56.5 Å². The van der Waals surface area contributed by atoms with Gasteiger partial charge in [-0.2, -0.15) is 0 Å². The van der Waals surface area contributed by atoms with Crippen molar-refractivity contribution in [2.45, 2.75) is 0 Å². The first-order valence-corrected chi connectivity index (χ1v) is 10.9. The van der Waals surface area contributed by atoms with Crippen molar-refractivity contribution < 1.29 is 19.1 Å². The van der Waals surface area contributed by atoms with Gasteiger partial charge in [-0.15, -0.1) is 11.3 Å². The van der Waals surface area contributed by atoms with E-state index in [1.165, 1.54) is 11.3 Å². The molecule has 0 radical (unpaired) electrons. The second-order valence-corrected chi connectivity index (χ2v) is 8.12. The molecule has 0 aliphatic rings. The van der Waals surface area contributed by atoms with Crippen LogP contribution in [-0.4, -0.2) is 56.1 Å². The van der Waals surface area contributed by atoms with Crippen LogP contribution in [-0.2, 0) is 9.59 Å². The minimum absolute atomic E-state index is 0.0245. The Balaban J connectivity index is 1.55. The number of halogens is 1. The fourth-order valence-electron chi connectivity index (χ4n) is 2.92. The maximum Gasteiger partial charge on any atom is 0.240 e. The maximum absolute atomic E-state index is 12.4. The highest BCUT2D eigenvalue weighted by atomic mass is 35.5. The minimum atomic E-state index is -0.277. The number of thiazole rings is 1. The SMILES string of the molecule is COc1ccc(-c2csc(NC(=O)CN(C)CC(=O)Nc3ccccc3Cl)n2)c(OC)c1. The Hall–Kier alpha value is -3.14. The molecule has 0 atom stereocenters. The summed E-state index contributed by atoms with van der Waals surface area (Å²) < 4.78 is 10.6. The van der Waals surface area contributed by atoms with Gasteiger partial charge in [0, 0.05) is 17.0 Å². The van der Waals surface area contributed by atoms with Gasteiger partial charge in [0.25, 0.3) is 0 Å². The molecule has 3 rings (SSSR count). The number of rotatable bonds is 9. The van der Waals surface area contributed by atoms with Crippen LogP contribution < -0.4 is 20.1 Å². The van der Waals surface area contributed by atoms with E-state index < -0.39 is 0 Å². The van der Waals surface area contributed by atoms with Crippen molar-refractivity contribution in [1.29, 1.82) is 0 Å². The molecule has 0 saturated heterocycles. The molecule has 8 nitrogen and oxygen atoms in total. The van der Waals surface area contributed by atoms with E-state index >= 15 is 0 Å². The lowest BCUT2D eigenvalue weighted by Crippen LogP contribution is -2.36. The van der Waals surface area contributed by atoms with Gasteiger partial charge in [0.1, 0.15) is 11.5 Å². The van der Waals surface area contributed by atoms with Crippen LogP contribution in [0.25, 0.3) is 11.3 Å². The lowest BCUT2D eigenvalue weighted by atomic mass is 10.1. The number of carbonyl (C=O) groups excluding carboxylic acids is 2. The van der Waals surface area contributed by atoms with Gasteiger partial charge < -0.3 is 20.1 Å². The molecule has 10 heteroatoms. The van der Waals surface area contributed by atoms with E-state index in [2.05, 4.69) is 15.6 Å². The number of para-hydroxylation sites is 1. The topological polar surface area (TPSA) is 92.8 Å². The van der Waals surface area contributed by atoms with Crippen LogP contribution in [0.5, 0.6) is 11.5 Å². The fraction of sp³-hybridized carbons (Fsp3) is 0.227. The fourth-order valence-corrected chi connectivity index (χ4v) is 3.83. The molecule has 1 aromatic heterocycles. The van der Waals surface area contributed by atoms with Crippen molar-refractivity contribution in [3.8, 4) is 22.8 Å². The first kappa shape index (κ1) is 23.5. The third-order valence-electron chi connectivity index (χ3n) is 4.41. The summed E-state index contributed by atoms with van der Waals surface area (Å²) in [7, 11) is 4.84. The molecule has 0 fully saturated rings. The second-order valence-electron chi connectivity index (χ2n) is 6.85. The first-order chi connectivity index (χ1) is 15.4. The van der Waals surface area contributed by atoms with E-state index in [4.69, 9.17) is 21.1 Å². The number of hydrogen-bond donors (Lipinski definition) is 2. The van der Waals surface area contributed by atoms with Crippen LogP contribution in [0, 0.1) is 0 Å². The number of carbonyl (C=O) groups is 2. The lowest BCUT2D eigenvalue weighted by molar-refractivity contribution is -0.119. The number of aromatic nitrogens is 1. The number of likely N-dealkylation sites (N-methyl/N-ethyl adjacent to an activating group) is 1. The maximum atomic E-state index is 12.4. The average Bonchev–Trinajstić information content (AvgIpc) is 3.22. The van der Waals surface area contributed by atoms with E-state index in [9.17, 15) is 9.59 Å². The number of hydrogen-bond acceptors (Lipinski definition) is 7. The van der Waals surface area contributed by atoms with Crippen LogP contribution in [0.1, 0.15) is 0 Å². The molecule has 3 aromatic rings. The predicted octanol–water partition coefficient (Wildman–Crippen LogP) is 3.99. The summed E-state index contributed by atoms with van der Waals surface area (Å²) in [6.45, 7) is 0.0571. The summed E-state index contributed by atoms with van der Waals surface area (Å²) in [6, 6.07) is 12.4. The normalized spacial score (nSPS) is 10.7. The van der Waals surface area contributed by atoms with Crippen molar-refractivity contribution in [3.05, 3.63) is 52.9 Å². The summed E-state index contributed by atoms with van der Waals surface area (Å²) in [5.74, 6) is 0.755. The number of benzene rings is 2. The molecule has 0 aliphatic heterocycles. The molecular weight excluding hydrogens is 452 g/mol. The highest BCUT2D eigenvalue weighted by Crippen LogP contribution is 2.34. The van der Waals surface area contributed by atoms with Gasteiger partial charge >= 0.3 is 0 Å². The first-order valence-electron chi connectivity index (χ1n) is 9.60. The standard InChI is InChI=1S/C22H23ClN4O4S/c1-27(11-20(28)24-17-7-5-4-6-16(17)23)12-21(29)26-22-25-18(13-32-22)15-9-8-14(30-2)10-19(15)31-3/h4-10,13H,11-12H2,1-3H3,(H,24,28)(H,25,26,29). The van der Waals surface area contributed by atoms with Gasteiger partial charge in [0.15, 0.2) is 5.13 Å². The van der Waals surface area contributed by atoms with Crippen LogP contribution in [0.15, 0.2) is 47.8 Å². The predicted molar refractivity (Wildman–Crippen MR) is 127 cm³/mol. The van der Waals surface area contributed by atoms with Crippen LogP contribution in [0.2, 0.25) is 5.02 Å². The number of ether oxygens (including phenoxy) is 2. The molecule has 32 heavy (non-hydrogen) atoms. The molecule has 1 heterocycles. The number of nitrogens with one attached hydrogen (secondary N) is 2. The van der Waals surface area contributed by atoms with Gasteiger partial charge in [0.05, 0.1) is 43.7 Å². The summed E-state index contributed by atoms with van der Waals surface area (Å²) in [5.41, 5.74) is 2.00. The Kier molecular flexibility index (Phi) is 8.04. The van der Waals surface area contributed by atoms with Crippen molar-refractivity contribution in [2.75, 3.05) is 45.0 Å². The van der Waals surface area contributed by atoms with E-state index in [-0.39, 0.29) is 24.9 Å². The molecule has 2 aromatic carbocycles. The molecular formula is C22H23ClN4O4S. The van der Waals surface area contributed by atoms with Gasteiger partial charge in [-0.1, -0.05) is 23.7 Å². The zero-order valence-electron chi connectivity index (χ0n) is 17.8. The Morgan fingerprint density at radius 2 is 1.78 bits per heavy atom. The second kappa shape index (κ2) is 10.9. The van der Waals surface area contributed by atoms with Gasteiger partial charge in [-0.05, 0) is 31.3 Å². The molecule has 2 N–H and O–H groups in total. The average molecular weight is 475 g/mol. The third kappa shape index (κ3) is 6.19. The smallest absolute Gasteiger partial charge is 0.240 e. The van der Waals surface area contributed by atoms with Gasteiger partial charge in [-0.25, -0.2) is 4.98 Å². The lowest BCUT2D eigenvalue weighted by Gasteiger charge is -2.15. The summed E-state index contributed by atoms with van der Waals surface area (Å²) >= 11 is 7.35. The van der Waals surface area contributed by atoms with Gasteiger partial charge in [-0.3, -0.25) is 14.5 Å². The Bertz CT molecular complexity index is 1110. The van der Waals surface area contributed by atoms with Crippen molar-refractivity contribution in [3.63, 3.8) is 0 Å². The molecule has 0 spiro atoms. The largest absolute Gasteiger partial charge is 0.497 e. The Morgan fingerprint density at radius 1 is 1.06 bits per heavy atom. The number of amides is 2.